The molecule has 32 heavy (non-hydrogen) atoms. The van der Waals surface area contributed by atoms with Crippen molar-refractivity contribution >= 4 is 33.3 Å². The van der Waals surface area contributed by atoms with Crippen molar-refractivity contribution in [3.8, 4) is 0 Å². The lowest BCUT2D eigenvalue weighted by Crippen LogP contribution is -2.34. The lowest BCUT2D eigenvalue weighted by Gasteiger charge is -2.22. The quantitative estimate of drug-likeness (QED) is 0.674. The van der Waals surface area contributed by atoms with Gasteiger partial charge in [0.05, 0.1) is 28.8 Å². The molecule has 0 bridgehead atoms. The Labute approximate surface area is 183 Å². The molecule has 1 aliphatic heterocycles. The van der Waals surface area contributed by atoms with Crippen LogP contribution in [-0.2, 0) is 32.2 Å². The molecule has 3 rings (SSSR count). The normalized spacial score (nSPS) is 16.9. The van der Waals surface area contributed by atoms with Gasteiger partial charge < -0.3 is 10.1 Å². The van der Waals surface area contributed by atoms with Crippen molar-refractivity contribution in [2.24, 2.45) is 0 Å². The summed E-state index contributed by atoms with van der Waals surface area (Å²) in [6.07, 6.45) is -4.54. The molecular weight excluding hydrogens is 449 g/mol. The van der Waals surface area contributed by atoms with Crippen LogP contribution in [0.2, 0.25) is 0 Å². The fraction of sp³-hybridized carbons (Fsp3) is 0.333. The number of amides is 1. The zero-order valence-electron chi connectivity index (χ0n) is 17.4. The summed E-state index contributed by atoms with van der Waals surface area (Å²) < 4.78 is 69.7. The molecule has 0 fully saturated rings. The number of halogens is 3. The number of nitrogens with one attached hydrogen (secondary N) is 1. The van der Waals surface area contributed by atoms with Gasteiger partial charge in [0.1, 0.15) is 0 Å². The van der Waals surface area contributed by atoms with Gasteiger partial charge in [0.25, 0.3) is 5.91 Å². The molecular formula is C21H21F3N2O5S. The molecule has 0 saturated carbocycles. The molecule has 1 amide bonds. The number of para-hydroxylation sites is 1. The van der Waals surface area contributed by atoms with Gasteiger partial charge >= 0.3 is 12.1 Å². The van der Waals surface area contributed by atoms with Crippen molar-refractivity contribution in [2.45, 2.75) is 38.6 Å². The summed E-state index contributed by atoms with van der Waals surface area (Å²) >= 11 is 0. The Morgan fingerprint density at radius 2 is 1.84 bits per heavy atom. The Morgan fingerprint density at radius 1 is 1.19 bits per heavy atom. The van der Waals surface area contributed by atoms with E-state index in [0.717, 1.165) is 18.4 Å². The van der Waals surface area contributed by atoms with E-state index in [1.807, 2.05) is 0 Å². The molecule has 2 aromatic carbocycles. The SMILES string of the molecule is CC(OC(=O)c1ccc2c(c1)CC(C)N2S(C)(=O)=O)C(=O)Nc1ccccc1C(F)(F)F. The predicted octanol–water partition coefficient (Wildman–Crippen LogP) is 3.60. The summed E-state index contributed by atoms with van der Waals surface area (Å²) in [4.78, 5) is 24.8. The Balaban J connectivity index is 1.72. The van der Waals surface area contributed by atoms with Gasteiger partial charge in [0, 0.05) is 6.04 Å². The van der Waals surface area contributed by atoms with E-state index in [9.17, 15) is 31.2 Å². The Hall–Kier alpha value is -3.08. The minimum absolute atomic E-state index is 0.0987. The molecule has 2 aromatic rings. The number of anilines is 2. The Morgan fingerprint density at radius 3 is 2.47 bits per heavy atom. The summed E-state index contributed by atoms with van der Waals surface area (Å²) in [7, 11) is -3.49. The number of hydrogen-bond donors (Lipinski definition) is 1. The number of benzene rings is 2. The maximum atomic E-state index is 13.1. The van der Waals surface area contributed by atoms with Crippen molar-refractivity contribution in [3.63, 3.8) is 0 Å². The zero-order valence-corrected chi connectivity index (χ0v) is 18.3. The van der Waals surface area contributed by atoms with Crippen LogP contribution in [-0.4, -0.2) is 38.7 Å². The first-order valence-electron chi connectivity index (χ1n) is 9.59. The van der Waals surface area contributed by atoms with Gasteiger partial charge in [-0.05, 0) is 56.2 Å². The molecule has 7 nitrogen and oxygen atoms in total. The first-order valence-corrected chi connectivity index (χ1v) is 11.4. The second kappa shape index (κ2) is 8.45. The number of nitrogens with zero attached hydrogens (tertiary/aromatic N) is 1. The summed E-state index contributed by atoms with van der Waals surface area (Å²) in [5.41, 5.74) is -0.267. The molecule has 2 atom stereocenters. The maximum Gasteiger partial charge on any atom is 0.418 e. The van der Waals surface area contributed by atoms with Gasteiger partial charge in [-0.1, -0.05) is 12.1 Å². The average Bonchev–Trinajstić information content (AvgIpc) is 3.02. The standard InChI is InChI=1S/C21H21F3N2O5S/c1-12-10-15-11-14(8-9-18(15)26(12)32(3,29)30)20(28)31-13(2)19(27)25-17-7-5-4-6-16(17)21(22,23)24/h4-9,11-13H,10H2,1-3H3,(H,25,27). The van der Waals surface area contributed by atoms with Crippen LogP contribution in [0.3, 0.4) is 0 Å². The highest BCUT2D eigenvalue weighted by molar-refractivity contribution is 7.92. The number of ether oxygens (including phenoxy) is 1. The van der Waals surface area contributed by atoms with Crippen molar-refractivity contribution in [2.75, 3.05) is 15.9 Å². The number of carbonyl (C=O) groups excluding carboxylic acids is 2. The topological polar surface area (TPSA) is 92.8 Å². The molecule has 0 aliphatic carbocycles. The first-order chi connectivity index (χ1) is 14.8. The average molecular weight is 470 g/mol. The highest BCUT2D eigenvalue weighted by Gasteiger charge is 2.35. The van der Waals surface area contributed by atoms with Crippen molar-refractivity contribution < 1.29 is 35.9 Å². The predicted molar refractivity (Wildman–Crippen MR) is 112 cm³/mol. The zero-order chi connectivity index (χ0) is 23.8. The third kappa shape index (κ3) is 4.87. The fourth-order valence-corrected chi connectivity index (χ4v) is 4.85. The molecule has 0 aromatic heterocycles. The molecule has 1 heterocycles. The van der Waals surface area contributed by atoms with Crippen LogP contribution >= 0.6 is 0 Å². The van der Waals surface area contributed by atoms with Gasteiger partial charge in [0.2, 0.25) is 10.0 Å². The number of rotatable bonds is 5. The molecule has 0 radical (unpaired) electrons. The van der Waals surface area contributed by atoms with Crippen LogP contribution in [0.4, 0.5) is 24.5 Å². The summed E-state index contributed by atoms with van der Waals surface area (Å²) in [6.45, 7) is 2.98. The van der Waals surface area contributed by atoms with E-state index in [1.165, 1.54) is 41.6 Å². The molecule has 0 saturated heterocycles. The van der Waals surface area contributed by atoms with E-state index in [0.29, 0.717) is 17.7 Å². The van der Waals surface area contributed by atoms with Crippen LogP contribution < -0.4 is 9.62 Å². The second-order valence-electron chi connectivity index (χ2n) is 7.54. The highest BCUT2D eigenvalue weighted by Crippen LogP contribution is 2.36. The summed E-state index contributed by atoms with van der Waals surface area (Å²) in [5.74, 6) is -1.78. The van der Waals surface area contributed by atoms with E-state index in [4.69, 9.17) is 4.74 Å². The van der Waals surface area contributed by atoms with Crippen LogP contribution in [0.15, 0.2) is 42.5 Å². The van der Waals surface area contributed by atoms with E-state index in [1.54, 1.807) is 6.92 Å². The third-order valence-corrected chi connectivity index (χ3v) is 6.24. The first kappa shape index (κ1) is 23.6. The van der Waals surface area contributed by atoms with Crippen molar-refractivity contribution in [1.29, 1.82) is 0 Å². The van der Waals surface area contributed by atoms with Crippen LogP contribution in [0, 0.1) is 0 Å². The molecule has 2 unspecified atom stereocenters. The van der Waals surface area contributed by atoms with Crippen LogP contribution in [0.5, 0.6) is 0 Å². The van der Waals surface area contributed by atoms with E-state index >= 15 is 0 Å². The van der Waals surface area contributed by atoms with Crippen molar-refractivity contribution in [1.82, 2.24) is 0 Å². The number of alkyl halides is 3. The lowest BCUT2D eigenvalue weighted by atomic mass is 10.1. The van der Waals surface area contributed by atoms with Crippen LogP contribution in [0.25, 0.3) is 0 Å². The largest absolute Gasteiger partial charge is 0.449 e. The number of sulfonamides is 1. The minimum Gasteiger partial charge on any atom is -0.449 e. The number of carbonyl (C=O) groups is 2. The summed E-state index contributed by atoms with van der Waals surface area (Å²) in [5, 5.41) is 2.13. The molecule has 1 N–H and O–H groups in total. The molecule has 1 aliphatic rings. The monoisotopic (exact) mass is 470 g/mol. The van der Waals surface area contributed by atoms with Crippen molar-refractivity contribution in [3.05, 3.63) is 59.2 Å². The second-order valence-corrected chi connectivity index (χ2v) is 9.40. The van der Waals surface area contributed by atoms with Crippen LogP contribution in [0.1, 0.15) is 35.3 Å². The third-order valence-electron chi connectivity index (χ3n) is 4.97. The highest BCUT2D eigenvalue weighted by atomic mass is 32.2. The van der Waals surface area contributed by atoms with Gasteiger partial charge in [-0.15, -0.1) is 0 Å². The summed E-state index contributed by atoms with van der Waals surface area (Å²) in [6, 6.07) is 8.51. The Kier molecular flexibility index (Phi) is 6.23. The molecule has 0 spiro atoms. The number of hydrogen-bond acceptors (Lipinski definition) is 5. The Bertz CT molecular complexity index is 1160. The van der Waals surface area contributed by atoms with E-state index in [2.05, 4.69) is 5.32 Å². The lowest BCUT2D eigenvalue weighted by molar-refractivity contribution is -0.137. The number of esters is 1. The molecule has 172 valence electrons. The van der Waals surface area contributed by atoms with E-state index < -0.39 is 45.4 Å². The maximum absolute atomic E-state index is 13.1. The van der Waals surface area contributed by atoms with Gasteiger partial charge in [-0.3, -0.25) is 9.10 Å². The van der Waals surface area contributed by atoms with E-state index in [-0.39, 0.29) is 11.6 Å². The van der Waals surface area contributed by atoms with Gasteiger partial charge in [0.15, 0.2) is 6.10 Å². The van der Waals surface area contributed by atoms with Gasteiger partial charge in [-0.25, -0.2) is 13.2 Å². The fourth-order valence-electron chi connectivity index (χ4n) is 3.59. The number of fused-ring (bicyclic) bond motifs is 1. The van der Waals surface area contributed by atoms with Gasteiger partial charge in [-0.2, -0.15) is 13.2 Å². The minimum atomic E-state index is -4.66. The smallest absolute Gasteiger partial charge is 0.418 e. The molecule has 11 heteroatoms.